The molecule has 2 rings (SSSR count). The number of rotatable bonds is 2. The van der Waals surface area contributed by atoms with Crippen LogP contribution in [0.3, 0.4) is 0 Å². The standard InChI is InChI=1S/C10H17N3O3/c14-9-7(2-1-3-12-9)13-10(15)8-6-11-4-5-16-8/h7-8,11H,1-6H2,(H,12,14)(H,13,15). The molecule has 2 saturated heterocycles. The van der Waals surface area contributed by atoms with E-state index in [0.717, 1.165) is 13.0 Å². The Morgan fingerprint density at radius 3 is 3.00 bits per heavy atom. The normalized spacial score (nSPS) is 30.6. The lowest BCUT2D eigenvalue weighted by molar-refractivity contribution is -0.138. The van der Waals surface area contributed by atoms with Gasteiger partial charge < -0.3 is 20.7 Å². The van der Waals surface area contributed by atoms with E-state index in [2.05, 4.69) is 16.0 Å². The van der Waals surface area contributed by atoms with E-state index < -0.39 is 12.1 Å². The van der Waals surface area contributed by atoms with Gasteiger partial charge in [-0.15, -0.1) is 0 Å². The highest BCUT2D eigenvalue weighted by Crippen LogP contribution is 2.04. The van der Waals surface area contributed by atoms with Gasteiger partial charge in [0.2, 0.25) is 5.91 Å². The van der Waals surface area contributed by atoms with Gasteiger partial charge >= 0.3 is 0 Å². The Bertz CT molecular complexity index is 276. The van der Waals surface area contributed by atoms with Gasteiger partial charge in [0.1, 0.15) is 12.1 Å². The molecule has 2 aliphatic heterocycles. The molecule has 6 heteroatoms. The molecule has 0 aromatic rings. The maximum Gasteiger partial charge on any atom is 0.251 e. The van der Waals surface area contributed by atoms with Crippen LogP contribution in [0.1, 0.15) is 12.8 Å². The third kappa shape index (κ3) is 2.70. The van der Waals surface area contributed by atoms with Crippen molar-refractivity contribution in [3.8, 4) is 0 Å². The molecule has 2 heterocycles. The van der Waals surface area contributed by atoms with Crippen molar-refractivity contribution < 1.29 is 14.3 Å². The van der Waals surface area contributed by atoms with Crippen molar-refractivity contribution >= 4 is 11.8 Å². The van der Waals surface area contributed by atoms with Crippen molar-refractivity contribution in [3.63, 3.8) is 0 Å². The molecule has 2 atom stereocenters. The summed E-state index contributed by atoms with van der Waals surface area (Å²) in [5, 5.41) is 8.53. The zero-order valence-corrected chi connectivity index (χ0v) is 9.12. The molecule has 0 bridgehead atoms. The molecule has 3 N–H and O–H groups in total. The smallest absolute Gasteiger partial charge is 0.251 e. The lowest BCUT2D eigenvalue weighted by atomic mass is 10.1. The van der Waals surface area contributed by atoms with Crippen LogP contribution in [0.15, 0.2) is 0 Å². The maximum absolute atomic E-state index is 11.8. The minimum Gasteiger partial charge on any atom is -0.366 e. The van der Waals surface area contributed by atoms with Crippen molar-refractivity contribution in [2.24, 2.45) is 0 Å². The van der Waals surface area contributed by atoms with E-state index in [4.69, 9.17) is 4.74 Å². The third-order valence-electron chi connectivity index (χ3n) is 2.82. The van der Waals surface area contributed by atoms with Gasteiger partial charge in [-0.05, 0) is 12.8 Å². The first kappa shape index (κ1) is 11.3. The molecule has 16 heavy (non-hydrogen) atoms. The summed E-state index contributed by atoms with van der Waals surface area (Å²) in [5.41, 5.74) is 0. The van der Waals surface area contributed by atoms with E-state index in [1.807, 2.05) is 0 Å². The number of piperidine rings is 1. The van der Waals surface area contributed by atoms with Crippen LogP contribution in [0.5, 0.6) is 0 Å². The molecule has 0 saturated carbocycles. The van der Waals surface area contributed by atoms with Crippen molar-refractivity contribution in [1.82, 2.24) is 16.0 Å². The van der Waals surface area contributed by atoms with Crippen LogP contribution in [-0.2, 0) is 14.3 Å². The second kappa shape index (κ2) is 5.27. The lowest BCUT2D eigenvalue weighted by Gasteiger charge is -2.27. The topological polar surface area (TPSA) is 79.5 Å². The number of ether oxygens (including phenoxy) is 1. The minimum atomic E-state index is -0.469. The fourth-order valence-corrected chi connectivity index (χ4v) is 1.91. The predicted octanol–water partition coefficient (Wildman–Crippen LogP) is -1.63. The van der Waals surface area contributed by atoms with Crippen LogP contribution in [0.4, 0.5) is 0 Å². The number of hydrogen-bond donors (Lipinski definition) is 3. The van der Waals surface area contributed by atoms with Gasteiger partial charge in [-0.1, -0.05) is 0 Å². The number of morpholine rings is 1. The van der Waals surface area contributed by atoms with Gasteiger partial charge in [-0.3, -0.25) is 9.59 Å². The third-order valence-corrected chi connectivity index (χ3v) is 2.82. The Kier molecular flexibility index (Phi) is 3.74. The predicted molar refractivity (Wildman–Crippen MR) is 56.8 cm³/mol. The monoisotopic (exact) mass is 227 g/mol. The average molecular weight is 227 g/mol. The molecule has 90 valence electrons. The summed E-state index contributed by atoms with van der Waals surface area (Å²) in [6.45, 7) is 2.52. The second-order valence-corrected chi connectivity index (χ2v) is 4.06. The zero-order chi connectivity index (χ0) is 11.4. The van der Waals surface area contributed by atoms with E-state index in [9.17, 15) is 9.59 Å². The van der Waals surface area contributed by atoms with Gasteiger partial charge in [-0.25, -0.2) is 0 Å². The molecule has 2 amide bonds. The van der Waals surface area contributed by atoms with Crippen LogP contribution in [0.2, 0.25) is 0 Å². The zero-order valence-electron chi connectivity index (χ0n) is 9.12. The highest BCUT2D eigenvalue weighted by atomic mass is 16.5. The summed E-state index contributed by atoms with van der Waals surface area (Å²) in [6.07, 6.45) is 1.14. The van der Waals surface area contributed by atoms with E-state index in [1.54, 1.807) is 0 Å². The van der Waals surface area contributed by atoms with Gasteiger partial charge in [-0.2, -0.15) is 0 Å². The highest BCUT2D eigenvalue weighted by molar-refractivity contribution is 5.89. The van der Waals surface area contributed by atoms with Gasteiger partial charge in [0.05, 0.1) is 6.61 Å². The summed E-state index contributed by atoms with van der Waals surface area (Å²) in [4.78, 5) is 23.2. The van der Waals surface area contributed by atoms with Crippen molar-refractivity contribution in [1.29, 1.82) is 0 Å². The number of hydrogen-bond acceptors (Lipinski definition) is 4. The average Bonchev–Trinajstić information content (AvgIpc) is 2.33. The van der Waals surface area contributed by atoms with Gasteiger partial charge in [0, 0.05) is 19.6 Å². The van der Waals surface area contributed by atoms with Crippen molar-refractivity contribution in [2.75, 3.05) is 26.2 Å². The fourth-order valence-electron chi connectivity index (χ4n) is 1.91. The SMILES string of the molecule is O=C1NCCCC1NC(=O)C1CNCCO1. The molecule has 0 aliphatic carbocycles. The summed E-state index contributed by atoms with van der Waals surface area (Å²) in [6, 6.07) is -0.397. The maximum atomic E-state index is 11.8. The first-order valence-electron chi connectivity index (χ1n) is 5.68. The molecule has 2 aliphatic rings. The second-order valence-electron chi connectivity index (χ2n) is 4.06. The van der Waals surface area contributed by atoms with Crippen LogP contribution in [0.25, 0.3) is 0 Å². The number of amides is 2. The molecule has 0 aromatic carbocycles. The van der Waals surface area contributed by atoms with Crippen LogP contribution >= 0.6 is 0 Å². The lowest BCUT2D eigenvalue weighted by Crippen LogP contribution is -2.55. The van der Waals surface area contributed by atoms with Crippen molar-refractivity contribution in [2.45, 2.75) is 25.0 Å². The Hall–Kier alpha value is -1.14. The van der Waals surface area contributed by atoms with Gasteiger partial charge in [0.15, 0.2) is 0 Å². The summed E-state index contributed by atoms with van der Waals surface area (Å²) >= 11 is 0. The molecular formula is C10H17N3O3. The van der Waals surface area contributed by atoms with Gasteiger partial charge in [0.25, 0.3) is 5.91 Å². The van der Waals surface area contributed by atoms with Crippen molar-refractivity contribution in [3.05, 3.63) is 0 Å². The Balaban J connectivity index is 1.83. The number of nitrogens with one attached hydrogen (secondary N) is 3. The molecule has 0 aromatic heterocycles. The van der Waals surface area contributed by atoms with E-state index in [-0.39, 0.29) is 11.8 Å². The summed E-state index contributed by atoms with van der Waals surface area (Å²) < 4.78 is 5.31. The van der Waals surface area contributed by atoms with E-state index in [1.165, 1.54) is 0 Å². The Morgan fingerprint density at radius 1 is 1.44 bits per heavy atom. The first-order valence-corrected chi connectivity index (χ1v) is 5.68. The van der Waals surface area contributed by atoms with Crippen LogP contribution in [-0.4, -0.2) is 50.2 Å². The largest absolute Gasteiger partial charge is 0.366 e. The first-order chi connectivity index (χ1) is 7.77. The fraction of sp³-hybridized carbons (Fsp3) is 0.800. The molecule has 0 spiro atoms. The molecule has 6 nitrogen and oxygen atoms in total. The van der Waals surface area contributed by atoms with Crippen LogP contribution in [0, 0.1) is 0 Å². The molecule has 0 radical (unpaired) electrons. The highest BCUT2D eigenvalue weighted by Gasteiger charge is 2.28. The quantitative estimate of drug-likeness (QED) is 0.529. The van der Waals surface area contributed by atoms with E-state index >= 15 is 0 Å². The van der Waals surface area contributed by atoms with Crippen LogP contribution < -0.4 is 16.0 Å². The number of carbonyl (C=O) groups excluding carboxylic acids is 2. The minimum absolute atomic E-state index is 0.0941. The summed E-state index contributed by atoms with van der Waals surface area (Å²) in [5.74, 6) is -0.294. The Morgan fingerprint density at radius 2 is 2.31 bits per heavy atom. The molecule has 2 fully saturated rings. The Labute approximate surface area is 94.1 Å². The van der Waals surface area contributed by atoms with E-state index in [0.29, 0.717) is 26.1 Å². The molecule has 2 unspecified atom stereocenters. The number of carbonyl (C=O) groups is 2. The molecular weight excluding hydrogens is 210 g/mol. The summed E-state index contributed by atoms with van der Waals surface area (Å²) in [7, 11) is 0.